The second-order valence-corrected chi connectivity index (χ2v) is 5.71. The molecular formula is C17H16N2OS. The summed E-state index contributed by atoms with van der Waals surface area (Å²) in [6.07, 6.45) is 1.00. The van der Waals surface area contributed by atoms with Crippen molar-refractivity contribution >= 4 is 23.1 Å². The Morgan fingerprint density at radius 3 is 2.29 bits per heavy atom. The van der Waals surface area contributed by atoms with Crippen molar-refractivity contribution in [2.75, 3.05) is 0 Å². The Bertz CT molecular complexity index is 667. The highest BCUT2D eigenvalue weighted by atomic mass is 32.1. The normalized spacial score (nSPS) is 19.8. The summed E-state index contributed by atoms with van der Waals surface area (Å²) in [5.74, 6) is 0.388. The van der Waals surface area contributed by atoms with Crippen molar-refractivity contribution in [1.82, 2.24) is 5.32 Å². The van der Waals surface area contributed by atoms with Crippen LogP contribution in [0.25, 0.3) is 0 Å². The highest BCUT2D eigenvalue weighted by Gasteiger charge is 2.39. The lowest BCUT2D eigenvalue weighted by Gasteiger charge is -2.06. The first-order chi connectivity index (χ1) is 10.1. The Morgan fingerprint density at radius 2 is 1.67 bits per heavy atom. The number of hydrogen-bond acceptors (Lipinski definition) is 2. The predicted octanol–water partition coefficient (Wildman–Crippen LogP) is 2.61. The molecule has 21 heavy (non-hydrogen) atoms. The molecule has 3 rings (SSSR count). The summed E-state index contributed by atoms with van der Waals surface area (Å²) in [6.45, 7) is 0. The second kappa shape index (κ2) is 5.66. The van der Waals surface area contributed by atoms with Crippen LogP contribution in [0.4, 0.5) is 0 Å². The van der Waals surface area contributed by atoms with Gasteiger partial charge in [0.2, 0.25) is 0 Å². The van der Waals surface area contributed by atoms with E-state index >= 15 is 0 Å². The third-order valence-electron chi connectivity index (χ3n) is 3.77. The van der Waals surface area contributed by atoms with Crippen molar-refractivity contribution in [3.8, 4) is 0 Å². The maximum Gasteiger partial charge on any atom is 0.251 e. The van der Waals surface area contributed by atoms with Gasteiger partial charge in [-0.1, -0.05) is 54.7 Å². The van der Waals surface area contributed by atoms with E-state index in [2.05, 4.69) is 17.4 Å². The van der Waals surface area contributed by atoms with Gasteiger partial charge in [-0.25, -0.2) is 0 Å². The maximum atomic E-state index is 12.2. The second-order valence-electron chi connectivity index (χ2n) is 5.27. The number of amides is 1. The zero-order valence-corrected chi connectivity index (χ0v) is 12.3. The molecule has 1 amide bonds. The molecule has 1 fully saturated rings. The first-order valence-electron chi connectivity index (χ1n) is 6.91. The number of hydrogen-bond donors (Lipinski definition) is 2. The monoisotopic (exact) mass is 296 g/mol. The molecule has 4 heteroatoms. The predicted molar refractivity (Wildman–Crippen MR) is 87.4 cm³/mol. The van der Waals surface area contributed by atoms with Crippen LogP contribution in [0.15, 0.2) is 54.6 Å². The Kier molecular flexibility index (Phi) is 3.71. The van der Waals surface area contributed by atoms with Crippen LogP contribution in [0.3, 0.4) is 0 Å². The van der Waals surface area contributed by atoms with E-state index < -0.39 is 0 Å². The first-order valence-corrected chi connectivity index (χ1v) is 7.31. The van der Waals surface area contributed by atoms with Crippen LogP contribution in [0.2, 0.25) is 0 Å². The van der Waals surface area contributed by atoms with E-state index in [0.717, 1.165) is 12.0 Å². The molecular weight excluding hydrogens is 280 g/mol. The van der Waals surface area contributed by atoms with E-state index in [1.807, 2.05) is 18.2 Å². The zero-order valence-electron chi connectivity index (χ0n) is 11.5. The number of benzene rings is 2. The third-order valence-corrected chi connectivity index (χ3v) is 4.00. The minimum Gasteiger partial charge on any atom is -0.389 e. The Morgan fingerprint density at radius 1 is 1.05 bits per heavy atom. The van der Waals surface area contributed by atoms with Gasteiger partial charge >= 0.3 is 0 Å². The lowest BCUT2D eigenvalue weighted by Crippen LogP contribution is -2.26. The minimum absolute atomic E-state index is 0.0482. The van der Waals surface area contributed by atoms with E-state index in [1.165, 1.54) is 5.56 Å². The van der Waals surface area contributed by atoms with Crippen molar-refractivity contribution in [1.29, 1.82) is 0 Å². The highest BCUT2D eigenvalue weighted by molar-refractivity contribution is 7.80. The van der Waals surface area contributed by atoms with Gasteiger partial charge in [-0.05, 0) is 24.1 Å². The van der Waals surface area contributed by atoms with Crippen LogP contribution in [-0.4, -0.2) is 16.9 Å². The molecule has 0 spiro atoms. The summed E-state index contributed by atoms with van der Waals surface area (Å²) in [7, 11) is 0. The summed E-state index contributed by atoms with van der Waals surface area (Å²) in [5, 5.41) is 3.06. The Labute approximate surface area is 129 Å². The molecule has 1 aliphatic carbocycles. The number of nitrogens with one attached hydrogen (secondary N) is 1. The van der Waals surface area contributed by atoms with Gasteiger partial charge in [-0.3, -0.25) is 4.79 Å². The first kappa shape index (κ1) is 13.8. The number of thiocarbonyl (C=S) groups is 1. The fraction of sp³-hybridized carbons (Fsp3) is 0.176. The zero-order chi connectivity index (χ0) is 14.8. The molecule has 2 unspecified atom stereocenters. The molecule has 3 N–H and O–H groups in total. The molecule has 2 aromatic rings. The topological polar surface area (TPSA) is 55.1 Å². The van der Waals surface area contributed by atoms with Crippen LogP contribution >= 0.6 is 12.2 Å². The van der Waals surface area contributed by atoms with Crippen LogP contribution in [0.1, 0.15) is 33.8 Å². The maximum absolute atomic E-state index is 12.2. The van der Waals surface area contributed by atoms with Gasteiger partial charge in [-0.2, -0.15) is 0 Å². The molecule has 2 atom stereocenters. The molecule has 1 saturated carbocycles. The average Bonchev–Trinajstić information content (AvgIpc) is 3.27. The van der Waals surface area contributed by atoms with Gasteiger partial charge in [0.15, 0.2) is 0 Å². The number of rotatable bonds is 4. The minimum atomic E-state index is -0.0482. The standard InChI is InChI=1S/C17H16N2OS/c18-16(21)12-6-8-13(9-7-12)17(20)19-15-10-14(15)11-4-2-1-3-5-11/h1-9,14-15H,10H2,(H2,18,21)(H,19,20). The van der Waals surface area contributed by atoms with Crippen molar-refractivity contribution in [2.24, 2.45) is 5.73 Å². The van der Waals surface area contributed by atoms with Crippen LogP contribution < -0.4 is 11.1 Å². The highest BCUT2D eigenvalue weighted by Crippen LogP contribution is 2.40. The van der Waals surface area contributed by atoms with Crippen molar-refractivity contribution in [3.05, 3.63) is 71.3 Å². The third kappa shape index (κ3) is 3.11. The molecule has 0 bridgehead atoms. The van der Waals surface area contributed by atoms with Gasteiger partial charge in [-0.15, -0.1) is 0 Å². The average molecular weight is 296 g/mol. The quantitative estimate of drug-likeness (QED) is 0.853. The van der Waals surface area contributed by atoms with E-state index in [9.17, 15) is 4.79 Å². The van der Waals surface area contributed by atoms with E-state index in [4.69, 9.17) is 18.0 Å². The molecule has 0 aromatic heterocycles. The summed E-state index contributed by atoms with van der Waals surface area (Å²) in [6, 6.07) is 17.6. The molecule has 0 heterocycles. The SMILES string of the molecule is NC(=S)c1ccc(C(=O)NC2CC2c2ccccc2)cc1. The summed E-state index contributed by atoms with van der Waals surface area (Å²) < 4.78 is 0. The van der Waals surface area contributed by atoms with E-state index in [1.54, 1.807) is 24.3 Å². The van der Waals surface area contributed by atoms with Gasteiger partial charge in [0.1, 0.15) is 4.99 Å². The smallest absolute Gasteiger partial charge is 0.251 e. The van der Waals surface area contributed by atoms with Crippen LogP contribution in [0.5, 0.6) is 0 Å². The summed E-state index contributed by atoms with van der Waals surface area (Å²) in [4.78, 5) is 12.5. The van der Waals surface area contributed by atoms with Crippen molar-refractivity contribution < 1.29 is 4.79 Å². The Balaban J connectivity index is 1.62. The largest absolute Gasteiger partial charge is 0.389 e. The van der Waals surface area contributed by atoms with E-state index in [-0.39, 0.29) is 11.9 Å². The molecule has 2 aromatic carbocycles. The molecule has 106 valence electrons. The van der Waals surface area contributed by atoms with Crippen LogP contribution in [0, 0.1) is 0 Å². The van der Waals surface area contributed by atoms with Gasteiger partial charge in [0, 0.05) is 23.1 Å². The van der Waals surface area contributed by atoms with E-state index in [0.29, 0.717) is 16.5 Å². The molecule has 0 radical (unpaired) electrons. The van der Waals surface area contributed by atoms with Gasteiger partial charge in [0.25, 0.3) is 5.91 Å². The molecule has 0 aliphatic heterocycles. The molecule has 0 saturated heterocycles. The van der Waals surface area contributed by atoms with Crippen molar-refractivity contribution in [2.45, 2.75) is 18.4 Å². The fourth-order valence-electron chi connectivity index (χ4n) is 2.46. The fourth-order valence-corrected chi connectivity index (χ4v) is 2.60. The summed E-state index contributed by atoms with van der Waals surface area (Å²) >= 11 is 4.90. The molecule has 1 aliphatic rings. The van der Waals surface area contributed by atoms with Crippen LogP contribution in [-0.2, 0) is 0 Å². The summed E-state index contributed by atoms with van der Waals surface area (Å²) in [5.41, 5.74) is 8.23. The number of carbonyl (C=O) groups is 1. The lowest BCUT2D eigenvalue weighted by atomic mass is 10.1. The Hall–Kier alpha value is -2.20. The molecule has 3 nitrogen and oxygen atoms in total. The number of nitrogens with two attached hydrogens (primary N) is 1. The van der Waals surface area contributed by atoms with Gasteiger partial charge in [0.05, 0.1) is 0 Å². The van der Waals surface area contributed by atoms with Crippen molar-refractivity contribution in [3.63, 3.8) is 0 Å². The number of carbonyl (C=O) groups excluding carboxylic acids is 1. The van der Waals surface area contributed by atoms with Gasteiger partial charge < -0.3 is 11.1 Å². The lowest BCUT2D eigenvalue weighted by molar-refractivity contribution is 0.0950.